The number of hydrogen-bond donors (Lipinski definition) is 4. The molecule has 0 spiro atoms. The molecule has 8 nitrogen and oxygen atoms in total. The summed E-state index contributed by atoms with van der Waals surface area (Å²) in [5, 5.41) is 14.9. The van der Waals surface area contributed by atoms with Gasteiger partial charge in [0.05, 0.1) is 24.2 Å². The van der Waals surface area contributed by atoms with Crippen molar-refractivity contribution in [3.63, 3.8) is 0 Å². The number of carbonyl (C=O) groups excluding carboxylic acids is 4. The van der Waals surface area contributed by atoms with Crippen LogP contribution in [0.25, 0.3) is 22.3 Å². The number of fused-ring (bicyclic) bond motifs is 8. The third-order valence-corrected chi connectivity index (χ3v) is 19.3. The summed E-state index contributed by atoms with van der Waals surface area (Å²) in [6.45, 7) is 18.2. The molecule has 4 N–H and O–H groups in total. The normalized spacial score (nSPS) is 20.9. The maximum absolute atomic E-state index is 11.6. The molecular weight excluding hydrogens is 1050 g/mol. The van der Waals surface area contributed by atoms with Gasteiger partial charge in [0.15, 0.2) is 0 Å². The first-order valence-electron chi connectivity index (χ1n) is 24.0. The quantitative estimate of drug-likeness (QED) is 0.0476. The molecule has 0 fully saturated rings. The van der Waals surface area contributed by atoms with Gasteiger partial charge in [-0.15, -0.1) is 0 Å². The van der Waals surface area contributed by atoms with E-state index in [9.17, 15) is 19.2 Å². The van der Waals surface area contributed by atoms with Gasteiger partial charge in [0.1, 0.15) is 0 Å². The van der Waals surface area contributed by atoms with E-state index in [0.717, 1.165) is 25.6 Å². The smallest absolute Gasteiger partial charge is 0.207 e. The van der Waals surface area contributed by atoms with E-state index in [-0.39, 0.29) is 73.7 Å². The number of rotatable bonds is 10. The van der Waals surface area contributed by atoms with Crippen LogP contribution < -0.4 is 21.3 Å². The van der Waals surface area contributed by atoms with Crippen molar-refractivity contribution in [3.8, 4) is 22.3 Å². The van der Waals surface area contributed by atoms with Crippen molar-refractivity contribution in [3.05, 3.63) is 176 Å². The van der Waals surface area contributed by atoms with Crippen molar-refractivity contribution in [1.82, 2.24) is 21.3 Å². The van der Waals surface area contributed by atoms with Crippen molar-refractivity contribution in [2.24, 2.45) is 0 Å². The molecule has 4 amide bonds. The van der Waals surface area contributed by atoms with Crippen LogP contribution in [0.2, 0.25) is 26.2 Å². The zero-order valence-electron chi connectivity index (χ0n) is 40.9. The Bertz CT molecular complexity index is 2720. The third kappa shape index (κ3) is 8.66. The number of aryl methyl sites for hydroxylation is 2. The molecule has 6 atom stereocenters. The maximum Gasteiger partial charge on any atom is 0.207 e. The first-order valence-corrected chi connectivity index (χ1v) is 29.0. The molecule has 10 rings (SSSR count). The second-order valence-corrected chi connectivity index (χ2v) is 24.8. The number of amides is 4. The summed E-state index contributed by atoms with van der Waals surface area (Å²) in [5.74, 6) is 0.770. The molecule has 0 aromatic heterocycles. The van der Waals surface area contributed by atoms with E-state index in [1.54, 1.807) is 0 Å². The Morgan fingerprint density at radius 3 is 1.03 bits per heavy atom. The van der Waals surface area contributed by atoms with Gasteiger partial charge >= 0.3 is 0 Å². The van der Waals surface area contributed by atoms with Crippen LogP contribution in [0.1, 0.15) is 104 Å². The average molecular weight is 1110 g/mol. The molecule has 6 aromatic carbocycles. The van der Waals surface area contributed by atoms with Crippen molar-refractivity contribution in [1.29, 1.82) is 0 Å². The molecule has 0 radical (unpaired) electrons. The Labute approximate surface area is 429 Å². The van der Waals surface area contributed by atoms with Crippen LogP contribution in [0.15, 0.2) is 109 Å². The van der Waals surface area contributed by atoms with Gasteiger partial charge in [0, 0.05) is 42.7 Å². The minimum Gasteiger partial charge on any atom is -0.353 e. The van der Waals surface area contributed by atoms with Crippen LogP contribution in [-0.2, 0) is 57.9 Å². The molecule has 0 saturated heterocycles. The van der Waals surface area contributed by atoms with E-state index in [2.05, 4.69) is 184 Å². The van der Waals surface area contributed by atoms with Gasteiger partial charge in [0.2, 0.25) is 25.6 Å². The number of benzene rings is 4. The van der Waals surface area contributed by atoms with Gasteiger partial charge in [-0.25, -0.2) is 0 Å². The van der Waals surface area contributed by atoms with E-state index in [4.69, 9.17) is 0 Å². The summed E-state index contributed by atoms with van der Waals surface area (Å²) in [6, 6.07) is 39.1. The fourth-order valence-electron chi connectivity index (χ4n) is 13.2. The summed E-state index contributed by atoms with van der Waals surface area (Å²) in [4.78, 5) is 46.3. The monoisotopic (exact) mass is 1110 g/mol. The van der Waals surface area contributed by atoms with Gasteiger partial charge in [-0.05, 0) is 69.2 Å². The summed E-state index contributed by atoms with van der Waals surface area (Å²) in [7, 11) is -1.76. The van der Waals surface area contributed by atoms with Crippen LogP contribution in [0.3, 0.4) is 0 Å². The molecule has 352 valence electrons. The van der Waals surface area contributed by atoms with E-state index < -0.39 is 16.8 Å². The second kappa shape index (κ2) is 20.8. The summed E-state index contributed by atoms with van der Waals surface area (Å²) >= 11 is 0. The van der Waals surface area contributed by atoms with Gasteiger partial charge < -0.3 is 21.3 Å². The van der Waals surface area contributed by atoms with Crippen molar-refractivity contribution >= 4 is 52.8 Å². The zero-order chi connectivity index (χ0) is 48.0. The summed E-state index contributed by atoms with van der Waals surface area (Å²) in [6.07, 6.45) is 4.53. The number of nitrogens with one attached hydrogen (secondary N) is 4. The molecule has 6 unspecified atom stereocenters. The van der Waals surface area contributed by atoms with Gasteiger partial charge in [0.25, 0.3) is 0 Å². The zero-order valence-corrected chi connectivity index (χ0v) is 46.5. The number of carbonyl (C=O) groups is 4. The fourth-order valence-corrected chi connectivity index (χ4v) is 17.0. The first kappa shape index (κ1) is 49.9. The van der Waals surface area contributed by atoms with Crippen LogP contribution in [0.5, 0.6) is 0 Å². The van der Waals surface area contributed by atoms with E-state index in [1.165, 1.54) is 99.4 Å². The van der Waals surface area contributed by atoms with E-state index >= 15 is 0 Å². The van der Waals surface area contributed by atoms with Gasteiger partial charge in [-0.3, -0.25) is 19.2 Å². The fraction of sp³-hybridized carbons (Fsp3) is 0.310. The molecule has 11 heteroatoms. The van der Waals surface area contributed by atoms with Crippen molar-refractivity contribution in [2.45, 2.75) is 115 Å². The van der Waals surface area contributed by atoms with Gasteiger partial charge in [-0.1, -0.05) is 173 Å². The molecule has 0 heterocycles. The number of hydrogen-bond acceptors (Lipinski definition) is 4. The van der Waals surface area contributed by atoms with Crippen LogP contribution in [-0.4, -0.2) is 77.0 Å². The Balaban J connectivity index is 0.000000183. The predicted molar refractivity (Wildman–Crippen MR) is 280 cm³/mol. The average Bonchev–Trinajstić information content (AvgIpc) is 4.00. The van der Waals surface area contributed by atoms with Crippen molar-refractivity contribution in [2.75, 3.05) is 0 Å². The Morgan fingerprint density at radius 1 is 0.464 bits per heavy atom. The second-order valence-electron chi connectivity index (χ2n) is 19.6. The molecule has 4 aliphatic rings. The SMILES string of the molecule is Cc1[cH-]c2c(c1C1c3ccccc3-c3ccccc31)C(C)C(=[Si](C)C)C(NC=O)C(NC=O)C2.Cc1[cH-]c2c(c1C1c3ccccc3-c3ccccc31)C(C)C(=[Si](C)C)C(NC=O)C(NC=O)C2.[Hf]. The molecular formula is C58H62HfN4O4Si2-2. The van der Waals surface area contributed by atoms with Gasteiger partial charge in [-0.2, -0.15) is 56.6 Å². The molecule has 6 aromatic rings. The maximum atomic E-state index is 11.6. The standard InChI is InChI=1S/2C29H31N2O2Si.Hf/c2*1-17-13-19-14-24(30-15-32)28(31-16-33)29(34(3)4)18(2)26(19)25(17)27-22-11-7-5-9-20(22)21-10-6-8-12-23(21)27;/h2*5-13,15-16,18,24,27-28H,14H2,1-4H3,(H,30,32)(H,31,33);/q2*-1;. The van der Waals surface area contributed by atoms with E-state index in [1.807, 2.05) is 0 Å². The van der Waals surface area contributed by atoms with Crippen LogP contribution >= 0.6 is 0 Å². The predicted octanol–water partition coefficient (Wildman–Crippen LogP) is 8.54. The molecule has 4 aliphatic carbocycles. The third-order valence-electron chi connectivity index (χ3n) is 15.5. The van der Waals surface area contributed by atoms with Crippen LogP contribution in [0.4, 0.5) is 0 Å². The summed E-state index contributed by atoms with van der Waals surface area (Å²) < 4.78 is 0. The Morgan fingerprint density at radius 2 is 0.754 bits per heavy atom. The summed E-state index contributed by atoms with van der Waals surface area (Å²) in [5.41, 5.74) is 21.5. The molecule has 0 saturated carbocycles. The Hall–Kier alpha value is -5.50. The first-order chi connectivity index (χ1) is 32.9. The topological polar surface area (TPSA) is 116 Å². The largest absolute Gasteiger partial charge is 0.353 e. The van der Waals surface area contributed by atoms with E-state index in [0.29, 0.717) is 12.8 Å². The molecule has 0 aliphatic heterocycles. The van der Waals surface area contributed by atoms with Crippen LogP contribution in [0, 0.1) is 13.8 Å². The molecule has 0 bridgehead atoms. The van der Waals surface area contributed by atoms with Crippen molar-refractivity contribution < 1.29 is 45.0 Å². The minimum absolute atomic E-state index is 0. The minimum atomic E-state index is -0.880. The molecule has 69 heavy (non-hydrogen) atoms. The Kier molecular flexibility index (Phi) is 15.1.